The summed E-state index contributed by atoms with van der Waals surface area (Å²) >= 11 is 0. The molecule has 1 rings (SSSR count). The van der Waals surface area contributed by atoms with Crippen LogP contribution in [-0.4, -0.2) is 40.0 Å². The molecule has 0 saturated carbocycles. The number of rotatable bonds is 6. The van der Waals surface area contributed by atoms with E-state index in [0.717, 1.165) is 11.4 Å². The Balaban J connectivity index is 2.33. The van der Waals surface area contributed by atoms with Crippen molar-refractivity contribution in [2.75, 3.05) is 38.7 Å². The molecule has 0 fully saturated rings. The van der Waals surface area contributed by atoms with Crippen molar-refractivity contribution in [3.8, 4) is 5.75 Å². The highest BCUT2D eigenvalue weighted by atomic mass is 19.4. The highest BCUT2D eigenvalue weighted by Gasteiger charge is 2.25. The summed E-state index contributed by atoms with van der Waals surface area (Å²) in [5.41, 5.74) is 0.935. The van der Waals surface area contributed by atoms with Gasteiger partial charge in [-0.25, -0.2) is 0 Å². The fourth-order valence-electron chi connectivity index (χ4n) is 1.44. The molecule has 1 aromatic carbocycles. The predicted octanol–water partition coefficient (Wildman–Crippen LogP) is 2.28. The first kappa shape index (κ1) is 14.6. The normalized spacial score (nSPS) is 11.4. The zero-order valence-electron chi connectivity index (χ0n) is 10.4. The molecule has 0 aliphatic rings. The molecule has 1 aromatic rings. The summed E-state index contributed by atoms with van der Waals surface area (Å²) in [6.45, 7) is -0.173. The van der Waals surface area contributed by atoms with E-state index in [1.54, 1.807) is 7.11 Å². The van der Waals surface area contributed by atoms with Gasteiger partial charge < -0.3 is 15.0 Å². The molecule has 0 spiro atoms. The van der Waals surface area contributed by atoms with E-state index in [1.165, 1.54) is 0 Å². The largest absolute Gasteiger partial charge is 0.497 e. The van der Waals surface area contributed by atoms with E-state index < -0.39 is 12.7 Å². The Morgan fingerprint density at radius 1 is 1.22 bits per heavy atom. The smallest absolute Gasteiger partial charge is 0.401 e. The van der Waals surface area contributed by atoms with Crippen molar-refractivity contribution >= 4 is 5.69 Å². The molecule has 0 bridgehead atoms. The van der Waals surface area contributed by atoms with Crippen molar-refractivity contribution in [1.82, 2.24) is 5.32 Å². The summed E-state index contributed by atoms with van der Waals surface area (Å²) < 4.78 is 40.7. The maximum absolute atomic E-state index is 11.9. The summed E-state index contributed by atoms with van der Waals surface area (Å²) in [7, 11) is 3.41. The minimum Gasteiger partial charge on any atom is -0.497 e. The molecule has 0 aliphatic heterocycles. The number of halogens is 3. The molecule has 0 unspecified atom stereocenters. The molecule has 1 N–H and O–H groups in total. The van der Waals surface area contributed by atoms with Crippen LogP contribution in [0.2, 0.25) is 0 Å². The molecular weight excluding hydrogens is 245 g/mol. The SMILES string of the molecule is COc1ccc(N(C)CCNCC(F)(F)F)cc1. The number of benzene rings is 1. The lowest BCUT2D eigenvalue weighted by Crippen LogP contribution is -2.35. The van der Waals surface area contributed by atoms with Gasteiger partial charge in [0.15, 0.2) is 0 Å². The van der Waals surface area contributed by atoms with E-state index in [-0.39, 0.29) is 6.54 Å². The van der Waals surface area contributed by atoms with Crippen molar-refractivity contribution in [3.63, 3.8) is 0 Å². The second-order valence-corrected chi connectivity index (χ2v) is 3.91. The second kappa shape index (κ2) is 6.49. The van der Waals surface area contributed by atoms with Crippen LogP contribution in [0.15, 0.2) is 24.3 Å². The number of nitrogens with zero attached hydrogens (tertiary/aromatic N) is 1. The van der Waals surface area contributed by atoms with Crippen molar-refractivity contribution in [3.05, 3.63) is 24.3 Å². The number of likely N-dealkylation sites (N-methyl/N-ethyl adjacent to an activating group) is 1. The van der Waals surface area contributed by atoms with Crippen LogP contribution < -0.4 is 15.0 Å². The number of alkyl halides is 3. The van der Waals surface area contributed by atoms with Gasteiger partial charge in [0.2, 0.25) is 0 Å². The third kappa shape index (κ3) is 5.27. The minimum absolute atomic E-state index is 0.280. The Morgan fingerprint density at radius 3 is 2.33 bits per heavy atom. The molecule has 6 heteroatoms. The monoisotopic (exact) mass is 262 g/mol. The Bertz CT molecular complexity index is 351. The molecular formula is C12H17F3N2O. The van der Waals surface area contributed by atoms with Crippen molar-refractivity contribution in [2.24, 2.45) is 0 Å². The molecule has 0 amide bonds. The predicted molar refractivity (Wildman–Crippen MR) is 65.2 cm³/mol. The van der Waals surface area contributed by atoms with Crippen molar-refractivity contribution in [2.45, 2.75) is 6.18 Å². The fourth-order valence-corrected chi connectivity index (χ4v) is 1.44. The molecule has 18 heavy (non-hydrogen) atoms. The highest BCUT2D eigenvalue weighted by Crippen LogP contribution is 2.17. The van der Waals surface area contributed by atoms with Gasteiger partial charge >= 0.3 is 6.18 Å². The first-order chi connectivity index (χ1) is 8.42. The van der Waals surface area contributed by atoms with Gasteiger partial charge in [-0.15, -0.1) is 0 Å². The molecule has 0 radical (unpaired) electrons. The van der Waals surface area contributed by atoms with E-state index in [2.05, 4.69) is 5.32 Å². The highest BCUT2D eigenvalue weighted by molar-refractivity contribution is 5.48. The minimum atomic E-state index is -4.15. The maximum atomic E-state index is 11.9. The van der Waals surface area contributed by atoms with Gasteiger partial charge in [-0.1, -0.05) is 0 Å². The average molecular weight is 262 g/mol. The maximum Gasteiger partial charge on any atom is 0.401 e. The van der Waals surface area contributed by atoms with Gasteiger partial charge in [0.05, 0.1) is 13.7 Å². The molecule has 0 saturated heterocycles. The molecule has 3 nitrogen and oxygen atoms in total. The van der Waals surface area contributed by atoms with E-state index in [1.807, 2.05) is 36.2 Å². The number of hydrogen-bond acceptors (Lipinski definition) is 3. The van der Waals surface area contributed by atoms with Gasteiger partial charge in [-0.3, -0.25) is 0 Å². The summed E-state index contributed by atoms with van der Waals surface area (Å²) in [5.74, 6) is 0.752. The summed E-state index contributed by atoms with van der Waals surface area (Å²) in [6.07, 6.45) is -4.15. The number of nitrogens with one attached hydrogen (secondary N) is 1. The van der Waals surface area contributed by atoms with E-state index in [0.29, 0.717) is 6.54 Å². The van der Waals surface area contributed by atoms with Crippen LogP contribution >= 0.6 is 0 Å². The Kier molecular flexibility index (Phi) is 5.27. The Morgan fingerprint density at radius 2 is 1.83 bits per heavy atom. The summed E-state index contributed by atoms with van der Waals surface area (Å²) in [4.78, 5) is 1.88. The standard InChI is InChI=1S/C12H17F3N2O/c1-17(8-7-16-9-12(13,14)15)10-3-5-11(18-2)6-4-10/h3-6,16H,7-9H2,1-2H3. The van der Waals surface area contributed by atoms with Gasteiger partial charge in [-0.2, -0.15) is 13.2 Å². The number of hydrogen-bond donors (Lipinski definition) is 1. The number of ether oxygens (including phenoxy) is 1. The van der Waals surface area contributed by atoms with E-state index in [4.69, 9.17) is 4.74 Å². The lowest BCUT2D eigenvalue weighted by Gasteiger charge is -2.20. The molecule has 0 aromatic heterocycles. The summed E-state index contributed by atoms with van der Waals surface area (Å²) in [6, 6.07) is 7.36. The van der Waals surface area contributed by atoms with Gasteiger partial charge in [0.25, 0.3) is 0 Å². The van der Waals surface area contributed by atoms with E-state index >= 15 is 0 Å². The zero-order valence-corrected chi connectivity index (χ0v) is 10.4. The van der Waals surface area contributed by atoms with Gasteiger partial charge in [0, 0.05) is 25.8 Å². The molecule has 0 atom stereocenters. The third-order valence-corrected chi connectivity index (χ3v) is 2.46. The Hall–Kier alpha value is -1.43. The molecule has 0 heterocycles. The molecule has 102 valence electrons. The average Bonchev–Trinajstić information content (AvgIpc) is 2.33. The second-order valence-electron chi connectivity index (χ2n) is 3.91. The van der Waals surface area contributed by atoms with Crippen LogP contribution in [0.1, 0.15) is 0 Å². The third-order valence-electron chi connectivity index (χ3n) is 2.46. The molecule has 0 aliphatic carbocycles. The van der Waals surface area contributed by atoms with Crippen LogP contribution in [-0.2, 0) is 0 Å². The van der Waals surface area contributed by atoms with Crippen LogP contribution in [0, 0.1) is 0 Å². The van der Waals surface area contributed by atoms with Crippen LogP contribution in [0.4, 0.5) is 18.9 Å². The first-order valence-corrected chi connectivity index (χ1v) is 5.55. The van der Waals surface area contributed by atoms with Crippen molar-refractivity contribution in [1.29, 1.82) is 0 Å². The fraction of sp³-hybridized carbons (Fsp3) is 0.500. The lowest BCUT2D eigenvalue weighted by atomic mass is 10.3. The number of anilines is 1. The quantitative estimate of drug-likeness (QED) is 0.796. The number of methoxy groups -OCH3 is 1. The van der Waals surface area contributed by atoms with Crippen LogP contribution in [0.5, 0.6) is 5.75 Å². The topological polar surface area (TPSA) is 24.5 Å². The van der Waals surface area contributed by atoms with Crippen LogP contribution in [0.25, 0.3) is 0 Å². The van der Waals surface area contributed by atoms with Gasteiger partial charge in [-0.05, 0) is 24.3 Å². The Labute approximate surface area is 105 Å². The first-order valence-electron chi connectivity index (χ1n) is 5.55. The zero-order chi connectivity index (χ0) is 13.6. The van der Waals surface area contributed by atoms with Crippen molar-refractivity contribution < 1.29 is 17.9 Å². The van der Waals surface area contributed by atoms with Gasteiger partial charge in [0.1, 0.15) is 5.75 Å². The van der Waals surface area contributed by atoms with E-state index in [9.17, 15) is 13.2 Å². The lowest BCUT2D eigenvalue weighted by molar-refractivity contribution is -0.124. The summed E-state index contributed by atoms with van der Waals surface area (Å²) in [5, 5.41) is 2.36. The van der Waals surface area contributed by atoms with Crippen LogP contribution in [0.3, 0.4) is 0 Å².